The van der Waals surface area contributed by atoms with Gasteiger partial charge in [-0.1, -0.05) is 20.8 Å². The summed E-state index contributed by atoms with van der Waals surface area (Å²) >= 11 is 2.11. The van der Waals surface area contributed by atoms with Crippen LogP contribution in [0.15, 0.2) is 0 Å². The molecule has 1 rings (SSSR count). The van der Waals surface area contributed by atoms with Crippen LogP contribution in [-0.2, 0) is 0 Å². The van der Waals surface area contributed by atoms with Crippen LogP contribution in [0.3, 0.4) is 0 Å². The van der Waals surface area contributed by atoms with E-state index in [9.17, 15) is 0 Å². The van der Waals surface area contributed by atoms with Crippen molar-refractivity contribution in [1.82, 2.24) is 5.32 Å². The van der Waals surface area contributed by atoms with E-state index < -0.39 is 0 Å². The summed E-state index contributed by atoms with van der Waals surface area (Å²) in [4.78, 5) is 0. The van der Waals surface area contributed by atoms with Crippen molar-refractivity contribution in [1.29, 1.82) is 0 Å². The van der Waals surface area contributed by atoms with Crippen LogP contribution in [0.25, 0.3) is 0 Å². The van der Waals surface area contributed by atoms with Crippen LogP contribution in [-0.4, -0.2) is 23.1 Å². The summed E-state index contributed by atoms with van der Waals surface area (Å²) in [5.41, 5.74) is 0. The third kappa shape index (κ3) is 3.04. The average Bonchev–Trinajstić information content (AvgIpc) is 1.93. The highest BCUT2D eigenvalue weighted by Gasteiger charge is 2.21. The van der Waals surface area contributed by atoms with Crippen molar-refractivity contribution in [3.63, 3.8) is 0 Å². The summed E-state index contributed by atoms with van der Waals surface area (Å²) < 4.78 is 0. The first-order chi connectivity index (χ1) is 5.20. The van der Waals surface area contributed by atoms with Gasteiger partial charge in [0.25, 0.3) is 0 Å². The van der Waals surface area contributed by atoms with Crippen molar-refractivity contribution in [3.05, 3.63) is 0 Å². The highest BCUT2D eigenvalue weighted by Crippen LogP contribution is 2.25. The summed E-state index contributed by atoms with van der Waals surface area (Å²) in [5, 5.41) is 4.42. The number of thioether (sulfide) groups is 1. The molecule has 2 atom stereocenters. The first kappa shape index (κ1) is 9.40. The number of rotatable bonds is 2. The Morgan fingerprint density at radius 1 is 1.45 bits per heavy atom. The first-order valence-corrected chi connectivity index (χ1v) is 5.62. The average molecular weight is 173 g/mol. The van der Waals surface area contributed by atoms with Gasteiger partial charge in [-0.15, -0.1) is 0 Å². The lowest BCUT2D eigenvalue weighted by Crippen LogP contribution is -2.42. The Morgan fingerprint density at radius 2 is 2.18 bits per heavy atom. The molecule has 0 radical (unpaired) electrons. The predicted molar refractivity (Wildman–Crippen MR) is 53.2 cm³/mol. The molecule has 0 amide bonds. The van der Waals surface area contributed by atoms with Gasteiger partial charge in [0.15, 0.2) is 0 Å². The van der Waals surface area contributed by atoms with E-state index in [1.165, 1.54) is 18.6 Å². The number of hydrogen-bond acceptors (Lipinski definition) is 2. The second-order valence-electron chi connectivity index (χ2n) is 3.65. The molecule has 66 valence electrons. The molecule has 0 aliphatic carbocycles. The van der Waals surface area contributed by atoms with Crippen molar-refractivity contribution in [3.8, 4) is 0 Å². The summed E-state index contributed by atoms with van der Waals surface area (Å²) in [6, 6.07) is 1.40. The molecule has 1 fully saturated rings. The highest BCUT2D eigenvalue weighted by molar-refractivity contribution is 7.99. The molecular weight excluding hydrogens is 154 g/mol. The van der Waals surface area contributed by atoms with Gasteiger partial charge in [-0.2, -0.15) is 11.8 Å². The number of nitrogens with one attached hydrogen (secondary N) is 1. The Labute approximate surface area is 74.3 Å². The van der Waals surface area contributed by atoms with E-state index in [0.717, 1.165) is 11.3 Å². The molecule has 1 aliphatic rings. The normalized spacial score (nSPS) is 32.7. The predicted octanol–water partition coefficient (Wildman–Crippen LogP) is 2.27. The molecule has 1 nitrogen and oxygen atoms in total. The highest BCUT2D eigenvalue weighted by atomic mass is 32.2. The molecule has 0 spiro atoms. The van der Waals surface area contributed by atoms with Crippen LogP contribution in [0.2, 0.25) is 0 Å². The molecule has 0 bridgehead atoms. The molecular formula is C9H19NS. The molecule has 0 aromatic heterocycles. The van der Waals surface area contributed by atoms with E-state index in [1.54, 1.807) is 0 Å². The van der Waals surface area contributed by atoms with Gasteiger partial charge < -0.3 is 5.32 Å². The zero-order valence-corrected chi connectivity index (χ0v) is 8.58. The minimum Gasteiger partial charge on any atom is -0.311 e. The van der Waals surface area contributed by atoms with E-state index in [1.807, 2.05) is 0 Å². The van der Waals surface area contributed by atoms with Crippen molar-refractivity contribution in [2.75, 3.05) is 5.75 Å². The molecule has 1 N–H and O–H groups in total. The Morgan fingerprint density at radius 3 is 2.73 bits per heavy atom. The van der Waals surface area contributed by atoms with Crippen molar-refractivity contribution < 1.29 is 0 Å². The van der Waals surface area contributed by atoms with E-state index >= 15 is 0 Å². The van der Waals surface area contributed by atoms with E-state index in [4.69, 9.17) is 0 Å². The third-order valence-corrected chi connectivity index (χ3v) is 3.53. The van der Waals surface area contributed by atoms with Gasteiger partial charge in [0.05, 0.1) is 0 Å². The van der Waals surface area contributed by atoms with Crippen LogP contribution in [0, 0.1) is 0 Å². The Bertz CT molecular complexity index is 114. The van der Waals surface area contributed by atoms with Gasteiger partial charge in [0, 0.05) is 17.3 Å². The lowest BCUT2D eigenvalue weighted by Gasteiger charge is -2.30. The molecule has 1 aliphatic heterocycles. The van der Waals surface area contributed by atoms with Crippen LogP contribution in [0.1, 0.15) is 33.6 Å². The molecule has 0 saturated carbocycles. The quantitative estimate of drug-likeness (QED) is 0.687. The molecule has 1 heterocycles. The van der Waals surface area contributed by atoms with Crippen LogP contribution < -0.4 is 5.32 Å². The molecule has 2 unspecified atom stereocenters. The summed E-state index contributed by atoms with van der Waals surface area (Å²) in [6.07, 6.45) is 2.76. The maximum Gasteiger partial charge on any atom is 0.0186 e. The van der Waals surface area contributed by atoms with Crippen molar-refractivity contribution in [2.45, 2.75) is 50.9 Å². The largest absolute Gasteiger partial charge is 0.311 e. The minimum absolute atomic E-state index is 0.640. The summed E-state index contributed by atoms with van der Waals surface area (Å²) in [6.45, 7) is 6.79. The number of hydrogen-bond donors (Lipinski definition) is 1. The standard InChI is InChI=1S/C9H19NS/c1-7(2)10-9-5-4-6-11-8(9)3/h7-10H,4-6H2,1-3H3. The minimum atomic E-state index is 0.640. The van der Waals surface area contributed by atoms with Gasteiger partial charge in [0.2, 0.25) is 0 Å². The topological polar surface area (TPSA) is 12.0 Å². The molecule has 11 heavy (non-hydrogen) atoms. The fraction of sp³-hybridized carbons (Fsp3) is 1.00. The molecule has 0 aromatic carbocycles. The SMILES string of the molecule is CC(C)NC1CCCSC1C. The fourth-order valence-electron chi connectivity index (χ4n) is 1.57. The lowest BCUT2D eigenvalue weighted by atomic mass is 10.1. The van der Waals surface area contributed by atoms with Gasteiger partial charge in [-0.3, -0.25) is 0 Å². The van der Waals surface area contributed by atoms with Gasteiger partial charge in [0.1, 0.15) is 0 Å². The second-order valence-corrected chi connectivity index (χ2v) is 5.13. The monoisotopic (exact) mass is 173 g/mol. The zero-order valence-electron chi connectivity index (χ0n) is 7.76. The van der Waals surface area contributed by atoms with E-state index in [0.29, 0.717) is 6.04 Å². The molecule has 1 saturated heterocycles. The second kappa shape index (κ2) is 4.36. The van der Waals surface area contributed by atoms with Gasteiger partial charge in [-0.05, 0) is 18.6 Å². The summed E-state index contributed by atoms with van der Waals surface area (Å²) in [5.74, 6) is 1.36. The molecule has 2 heteroatoms. The van der Waals surface area contributed by atoms with Gasteiger partial charge in [-0.25, -0.2) is 0 Å². The lowest BCUT2D eigenvalue weighted by molar-refractivity contribution is 0.425. The van der Waals surface area contributed by atoms with Crippen LogP contribution in [0.4, 0.5) is 0 Å². The first-order valence-electron chi connectivity index (χ1n) is 4.58. The summed E-state index contributed by atoms with van der Waals surface area (Å²) in [7, 11) is 0. The molecule has 0 aromatic rings. The van der Waals surface area contributed by atoms with Crippen LogP contribution >= 0.6 is 11.8 Å². The maximum absolute atomic E-state index is 3.61. The Kier molecular flexibility index (Phi) is 3.73. The Hall–Kier alpha value is 0.310. The van der Waals surface area contributed by atoms with Crippen LogP contribution in [0.5, 0.6) is 0 Å². The van der Waals surface area contributed by atoms with Gasteiger partial charge >= 0.3 is 0 Å². The maximum atomic E-state index is 3.61. The van der Waals surface area contributed by atoms with Crippen molar-refractivity contribution in [2.24, 2.45) is 0 Å². The zero-order chi connectivity index (χ0) is 8.27. The van der Waals surface area contributed by atoms with E-state index in [2.05, 4.69) is 37.8 Å². The smallest absolute Gasteiger partial charge is 0.0186 e. The van der Waals surface area contributed by atoms with Crippen molar-refractivity contribution >= 4 is 11.8 Å². The third-order valence-electron chi connectivity index (χ3n) is 2.15. The van der Waals surface area contributed by atoms with E-state index in [-0.39, 0.29) is 0 Å². The Balaban J connectivity index is 2.29. The fourth-order valence-corrected chi connectivity index (χ4v) is 2.72.